The summed E-state index contributed by atoms with van der Waals surface area (Å²) in [5, 5.41) is 0.770. The molecule has 1 unspecified atom stereocenters. The number of rotatable bonds is 5. The molecule has 196 valence electrons. The van der Waals surface area contributed by atoms with Crippen molar-refractivity contribution < 1.29 is 14.3 Å². The van der Waals surface area contributed by atoms with Crippen molar-refractivity contribution in [1.82, 2.24) is 24.3 Å². The number of nitrogens with zero attached hydrogens (tertiary/aromatic N) is 5. The fourth-order valence-corrected chi connectivity index (χ4v) is 5.71. The minimum Gasteiger partial charge on any atom is -0.454 e. The first-order chi connectivity index (χ1) is 18.3. The molecular weight excluding hydrogens is 480 g/mol. The summed E-state index contributed by atoms with van der Waals surface area (Å²) < 4.78 is 13.7. The number of ether oxygens (including phenoxy) is 2. The lowest BCUT2D eigenvalue weighted by Crippen LogP contribution is -2.30. The molecule has 0 spiro atoms. The molecule has 1 aliphatic carbocycles. The number of amides is 1. The summed E-state index contributed by atoms with van der Waals surface area (Å²) in [6.45, 7) is 6.66. The Morgan fingerprint density at radius 2 is 2.03 bits per heavy atom. The fourth-order valence-electron chi connectivity index (χ4n) is 5.71. The number of likely N-dealkylation sites (tertiary alicyclic amines) is 1. The van der Waals surface area contributed by atoms with E-state index >= 15 is 0 Å². The van der Waals surface area contributed by atoms with Crippen LogP contribution in [0.1, 0.15) is 25.6 Å². The summed E-state index contributed by atoms with van der Waals surface area (Å²) >= 11 is 0. The summed E-state index contributed by atoms with van der Waals surface area (Å²) in [6.07, 6.45) is 5.10. The monoisotopic (exact) mass is 512 g/mol. The maximum absolute atomic E-state index is 12.6. The Hall–Kier alpha value is -4.03. The third-order valence-corrected chi connectivity index (χ3v) is 7.59. The number of likely N-dealkylation sites (N-methyl/N-ethyl adjacent to an activating group) is 1. The number of hydrogen-bond acceptors (Lipinski definition) is 7. The molecule has 1 aromatic carbocycles. The Balaban J connectivity index is 1.35. The van der Waals surface area contributed by atoms with Crippen molar-refractivity contribution in [2.75, 3.05) is 46.3 Å². The van der Waals surface area contributed by atoms with Crippen molar-refractivity contribution >= 4 is 22.8 Å². The summed E-state index contributed by atoms with van der Waals surface area (Å²) in [7, 11) is 3.97. The second kappa shape index (κ2) is 9.37. The third-order valence-electron chi connectivity index (χ3n) is 7.59. The first kappa shape index (κ1) is 24.3. The lowest BCUT2D eigenvalue weighted by Gasteiger charge is -2.17. The van der Waals surface area contributed by atoms with Gasteiger partial charge in [-0.2, -0.15) is 0 Å². The van der Waals surface area contributed by atoms with Crippen LogP contribution in [0.15, 0.2) is 36.7 Å². The van der Waals surface area contributed by atoms with Gasteiger partial charge in [-0.15, -0.1) is 0 Å². The van der Waals surface area contributed by atoms with Crippen LogP contribution in [0.2, 0.25) is 0 Å². The highest BCUT2D eigenvalue weighted by atomic mass is 16.7. The van der Waals surface area contributed by atoms with Gasteiger partial charge in [0.1, 0.15) is 23.5 Å². The van der Waals surface area contributed by atoms with Crippen LogP contribution >= 0.6 is 0 Å². The summed E-state index contributed by atoms with van der Waals surface area (Å²) in [6, 6.07) is 5.94. The number of carbonyl (C=O) groups excluding carboxylic acids is 1. The number of hydrogen-bond donors (Lipinski definition) is 1. The number of para-hydroxylation sites is 1. The van der Waals surface area contributed by atoms with Crippen LogP contribution in [0.4, 0.5) is 5.82 Å². The van der Waals surface area contributed by atoms with Crippen LogP contribution < -0.4 is 15.2 Å². The molecule has 0 radical (unpaired) electrons. The van der Waals surface area contributed by atoms with E-state index in [1.54, 1.807) is 6.08 Å². The van der Waals surface area contributed by atoms with Crippen molar-refractivity contribution in [1.29, 1.82) is 0 Å². The van der Waals surface area contributed by atoms with Crippen molar-refractivity contribution in [2.45, 2.75) is 19.9 Å². The largest absolute Gasteiger partial charge is 0.454 e. The molecule has 9 heteroatoms. The quantitative estimate of drug-likeness (QED) is 0.414. The smallest absolute Gasteiger partial charge is 0.246 e. The first-order valence-electron chi connectivity index (χ1n) is 13.0. The summed E-state index contributed by atoms with van der Waals surface area (Å²) in [5.74, 6) is 10.0. The van der Waals surface area contributed by atoms with E-state index in [9.17, 15) is 4.79 Å². The Bertz CT molecular complexity index is 1500. The van der Waals surface area contributed by atoms with Gasteiger partial charge in [0.2, 0.25) is 12.7 Å². The van der Waals surface area contributed by atoms with Gasteiger partial charge in [0.05, 0.1) is 5.39 Å². The number of benzene rings is 1. The van der Waals surface area contributed by atoms with Gasteiger partial charge in [-0.1, -0.05) is 24.1 Å². The molecule has 6 rings (SSSR count). The van der Waals surface area contributed by atoms with E-state index in [1.165, 1.54) is 6.33 Å². The highest BCUT2D eigenvalue weighted by molar-refractivity contribution is 6.05. The van der Waals surface area contributed by atoms with Gasteiger partial charge in [-0.25, -0.2) is 9.97 Å². The second-order valence-electron chi connectivity index (χ2n) is 10.7. The van der Waals surface area contributed by atoms with Crippen LogP contribution in [0.25, 0.3) is 22.2 Å². The number of nitrogens with two attached hydrogens (primary N) is 1. The molecule has 2 aliphatic heterocycles. The van der Waals surface area contributed by atoms with Crippen molar-refractivity contribution in [3.8, 4) is 34.5 Å². The zero-order valence-electron chi connectivity index (χ0n) is 22.1. The molecule has 38 heavy (non-hydrogen) atoms. The van der Waals surface area contributed by atoms with E-state index in [1.807, 2.05) is 48.2 Å². The standard InChI is InChI=1S/C29H32N6O3/c1-17(2)35-22(11-10-18-20-13-34(14-21(18)20)24(36)9-6-12-33(3)4)25(26-28(30)31-15-32-29(26)35)19-7-5-8-23-27(19)38-16-37-23/h5-9,15,17-18,20-21H,12-14,16H2,1-4H3,(H2,30,31,32)/b9-6+/t18?,20-,21+. The summed E-state index contributed by atoms with van der Waals surface area (Å²) in [5.41, 5.74) is 9.76. The number of fused-ring (bicyclic) bond motifs is 3. The third kappa shape index (κ3) is 4.05. The Morgan fingerprint density at radius 3 is 2.76 bits per heavy atom. The van der Waals surface area contributed by atoms with E-state index in [0.717, 1.165) is 47.5 Å². The molecular formula is C29H32N6O3. The SMILES string of the molecule is CC(C)n1c(C#CC2[C@H]3CN(C(=O)/C=C/CN(C)C)C[C@@H]23)c(-c2cccc3c2OCO3)c2c(N)ncnc21. The maximum atomic E-state index is 12.6. The van der Waals surface area contributed by atoms with Crippen LogP contribution in [0, 0.1) is 29.6 Å². The van der Waals surface area contributed by atoms with Crippen molar-refractivity contribution in [3.63, 3.8) is 0 Å². The molecule has 3 aromatic rings. The zero-order chi connectivity index (χ0) is 26.6. The maximum Gasteiger partial charge on any atom is 0.246 e. The van der Waals surface area contributed by atoms with Gasteiger partial charge in [0, 0.05) is 48.8 Å². The molecule has 1 saturated carbocycles. The highest BCUT2D eigenvalue weighted by Crippen LogP contribution is 2.52. The van der Waals surface area contributed by atoms with Crippen LogP contribution in [-0.2, 0) is 4.79 Å². The van der Waals surface area contributed by atoms with Gasteiger partial charge in [0.15, 0.2) is 11.5 Å². The summed E-state index contributed by atoms with van der Waals surface area (Å²) in [4.78, 5) is 25.4. The predicted molar refractivity (Wildman–Crippen MR) is 146 cm³/mol. The van der Waals surface area contributed by atoms with E-state index in [-0.39, 0.29) is 24.7 Å². The van der Waals surface area contributed by atoms with Crippen molar-refractivity contribution in [3.05, 3.63) is 42.4 Å². The molecule has 4 heterocycles. The van der Waals surface area contributed by atoms with E-state index in [2.05, 4.69) is 40.2 Å². The van der Waals surface area contributed by atoms with Crippen LogP contribution in [-0.4, -0.2) is 70.8 Å². The molecule has 9 nitrogen and oxygen atoms in total. The Morgan fingerprint density at radius 1 is 1.24 bits per heavy atom. The zero-order valence-corrected chi connectivity index (χ0v) is 22.1. The van der Waals surface area contributed by atoms with Gasteiger partial charge in [-0.3, -0.25) is 4.79 Å². The van der Waals surface area contributed by atoms with E-state index in [0.29, 0.717) is 29.2 Å². The average molecular weight is 513 g/mol. The van der Waals surface area contributed by atoms with Gasteiger partial charge < -0.3 is 29.6 Å². The van der Waals surface area contributed by atoms with Gasteiger partial charge in [-0.05, 0) is 51.8 Å². The topological polar surface area (TPSA) is 98.7 Å². The van der Waals surface area contributed by atoms with Gasteiger partial charge in [0.25, 0.3) is 0 Å². The molecule has 2 aromatic heterocycles. The number of carbonyl (C=O) groups is 1. The number of anilines is 1. The van der Waals surface area contributed by atoms with Gasteiger partial charge >= 0.3 is 0 Å². The molecule has 1 amide bonds. The lowest BCUT2D eigenvalue weighted by molar-refractivity contribution is -0.125. The van der Waals surface area contributed by atoms with E-state index in [4.69, 9.17) is 15.2 Å². The molecule has 0 bridgehead atoms. The first-order valence-corrected chi connectivity index (χ1v) is 13.0. The number of piperidine rings is 1. The van der Waals surface area contributed by atoms with Crippen molar-refractivity contribution in [2.24, 2.45) is 17.8 Å². The molecule has 2 fully saturated rings. The lowest BCUT2D eigenvalue weighted by atomic mass is 10.0. The predicted octanol–water partition coefficient (Wildman–Crippen LogP) is 3.16. The molecule has 1 saturated heterocycles. The highest BCUT2D eigenvalue weighted by Gasteiger charge is 2.55. The Labute approximate surface area is 222 Å². The number of nitrogen functional groups attached to an aromatic ring is 1. The molecule has 2 N–H and O–H groups in total. The second-order valence-corrected chi connectivity index (χ2v) is 10.7. The number of aromatic nitrogens is 3. The minimum atomic E-state index is 0.0854. The fraction of sp³-hybridized carbons (Fsp3) is 0.414. The molecule has 3 aliphatic rings. The average Bonchev–Trinajstić information content (AvgIpc) is 3.30. The Kier molecular flexibility index (Phi) is 6.00. The van der Waals surface area contributed by atoms with Crippen LogP contribution in [0.3, 0.4) is 0 Å². The van der Waals surface area contributed by atoms with E-state index < -0.39 is 0 Å². The normalized spacial score (nSPS) is 21.4. The minimum absolute atomic E-state index is 0.0854. The van der Waals surface area contributed by atoms with Crippen LogP contribution in [0.5, 0.6) is 11.5 Å². The molecule has 3 atom stereocenters.